The Hall–Kier alpha value is -3.22. The second-order valence-corrected chi connectivity index (χ2v) is 8.87. The predicted molar refractivity (Wildman–Crippen MR) is 116 cm³/mol. The maximum atomic E-state index is 12.9. The lowest BCUT2D eigenvalue weighted by Gasteiger charge is -2.16. The summed E-state index contributed by atoms with van der Waals surface area (Å²) in [6, 6.07) is 11.4. The fourth-order valence-corrected chi connectivity index (χ4v) is 4.23. The molecule has 0 spiro atoms. The number of amides is 2. The molecule has 1 atom stereocenters. The van der Waals surface area contributed by atoms with Gasteiger partial charge in [0.25, 0.3) is 11.8 Å². The van der Waals surface area contributed by atoms with Gasteiger partial charge in [-0.1, -0.05) is 23.4 Å². The smallest absolute Gasteiger partial charge is 0.276 e. The number of nitrogens with one attached hydrogen (secondary N) is 1. The summed E-state index contributed by atoms with van der Waals surface area (Å²) in [6.45, 7) is 5.08. The number of aromatic nitrogens is 2. The Balaban J connectivity index is 1.39. The molecule has 7 nitrogen and oxygen atoms in total. The maximum Gasteiger partial charge on any atom is 0.276 e. The lowest BCUT2D eigenvalue weighted by molar-refractivity contribution is 0.0779. The Morgan fingerprint density at radius 1 is 1.13 bits per heavy atom. The number of para-hydroxylation sites is 1. The highest BCUT2D eigenvalue weighted by Crippen LogP contribution is 2.40. The molecule has 0 radical (unpaired) electrons. The third-order valence-corrected chi connectivity index (χ3v) is 6.02. The van der Waals surface area contributed by atoms with Crippen LogP contribution in [0.4, 0.5) is 0 Å². The number of carbonyl (C=O) groups excluding carboxylic acids is 2. The van der Waals surface area contributed by atoms with Crippen molar-refractivity contribution in [2.45, 2.75) is 51.0 Å². The van der Waals surface area contributed by atoms with Crippen molar-refractivity contribution in [3.63, 3.8) is 0 Å². The number of fused-ring (bicyclic) bond motifs is 1. The van der Waals surface area contributed by atoms with E-state index in [0.29, 0.717) is 30.3 Å². The van der Waals surface area contributed by atoms with E-state index >= 15 is 0 Å². The molecular weight excluding hydrogens is 392 g/mol. The molecule has 160 valence electrons. The summed E-state index contributed by atoms with van der Waals surface area (Å²) < 4.78 is 5.35. The largest absolute Gasteiger partial charge is 0.360 e. The minimum absolute atomic E-state index is 0.0467. The topological polar surface area (TPSA) is 88.3 Å². The third-order valence-electron chi connectivity index (χ3n) is 6.02. The van der Waals surface area contributed by atoms with Gasteiger partial charge < -0.3 is 14.7 Å². The Morgan fingerprint density at radius 2 is 1.94 bits per heavy atom. The summed E-state index contributed by atoms with van der Waals surface area (Å²) in [4.78, 5) is 32.4. The van der Waals surface area contributed by atoms with Crippen molar-refractivity contribution in [3.05, 3.63) is 59.1 Å². The number of benzene rings is 1. The summed E-state index contributed by atoms with van der Waals surface area (Å²) in [7, 11) is 0. The fourth-order valence-electron chi connectivity index (χ4n) is 4.23. The molecule has 5 rings (SSSR count). The molecule has 7 heteroatoms. The van der Waals surface area contributed by atoms with Crippen LogP contribution in [0.5, 0.6) is 0 Å². The summed E-state index contributed by atoms with van der Waals surface area (Å²) in [5.74, 6) is 1.12. The van der Waals surface area contributed by atoms with Crippen LogP contribution < -0.4 is 5.32 Å². The van der Waals surface area contributed by atoms with Crippen molar-refractivity contribution in [3.8, 4) is 0 Å². The number of rotatable bonds is 5. The minimum Gasteiger partial charge on any atom is -0.360 e. The molecule has 3 aromatic rings. The summed E-state index contributed by atoms with van der Waals surface area (Å²) >= 11 is 0. The number of hydrogen-bond acceptors (Lipinski definition) is 5. The zero-order chi connectivity index (χ0) is 21.5. The van der Waals surface area contributed by atoms with Gasteiger partial charge in [0.1, 0.15) is 5.76 Å². The highest BCUT2D eigenvalue weighted by atomic mass is 16.5. The van der Waals surface area contributed by atoms with Gasteiger partial charge in [0.05, 0.1) is 11.1 Å². The number of hydrogen-bond donors (Lipinski definition) is 1. The van der Waals surface area contributed by atoms with Crippen LogP contribution >= 0.6 is 0 Å². The fraction of sp³-hybridized carbons (Fsp3) is 0.417. The van der Waals surface area contributed by atoms with Crippen LogP contribution in [0.25, 0.3) is 10.9 Å². The van der Waals surface area contributed by atoms with Crippen LogP contribution in [0.3, 0.4) is 0 Å². The van der Waals surface area contributed by atoms with E-state index < -0.39 is 0 Å². The number of pyridine rings is 1. The van der Waals surface area contributed by atoms with Gasteiger partial charge in [-0.05, 0) is 45.2 Å². The van der Waals surface area contributed by atoms with Crippen molar-refractivity contribution in [2.75, 3.05) is 13.1 Å². The van der Waals surface area contributed by atoms with Gasteiger partial charge in [-0.15, -0.1) is 0 Å². The first-order valence-electron chi connectivity index (χ1n) is 11.0. The average Bonchev–Trinajstić information content (AvgIpc) is 3.28. The van der Waals surface area contributed by atoms with Crippen molar-refractivity contribution in [1.82, 2.24) is 20.4 Å². The number of carbonyl (C=O) groups is 2. The zero-order valence-electron chi connectivity index (χ0n) is 17.8. The first kappa shape index (κ1) is 19.7. The van der Waals surface area contributed by atoms with E-state index in [-0.39, 0.29) is 23.8 Å². The highest BCUT2D eigenvalue weighted by molar-refractivity contribution is 6.06. The first-order valence-corrected chi connectivity index (χ1v) is 11.0. The maximum absolute atomic E-state index is 12.9. The van der Waals surface area contributed by atoms with E-state index in [4.69, 9.17) is 9.51 Å². The molecule has 31 heavy (non-hydrogen) atoms. The molecular formula is C24H26N4O3. The molecule has 1 aliphatic heterocycles. The van der Waals surface area contributed by atoms with Crippen LogP contribution in [0.1, 0.15) is 77.2 Å². The molecule has 1 aliphatic carbocycles. The van der Waals surface area contributed by atoms with Crippen LogP contribution in [0.15, 0.2) is 40.9 Å². The van der Waals surface area contributed by atoms with E-state index in [1.54, 1.807) is 6.07 Å². The van der Waals surface area contributed by atoms with Crippen LogP contribution in [-0.2, 0) is 0 Å². The van der Waals surface area contributed by atoms with Gasteiger partial charge in [0.2, 0.25) is 0 Å². The second-order valence-electron chi connectivity index (χ2n) is 8.87. The van der Waals surface area contributed by atoms with Crippen molar-refractivity contribution in [1.29, 1.82) is 0 Å². The van der Waals surface area contributed by atoms with Crippen molar-refractivity contribution >= 4 is 22.7 Å². The summed E-state index contributed by atoms with van der Waals surface area (Å²) in [5.41, 5.74) is 2.65. The van der Waals surface area contributed by atoms with E-state index in [0.717, 1.165) is 41.6 Å². The standard InChI is InChI=1S/C24H26N4O3/c1-14(2)25-23(29)18-11-20(26-19-6-4-3-5-17(18)19)16-9-10-28(13-16)24(30)21-12-22(31-27-21)15-7-8-15/h3-6,11-12,14-16H,7-10,13H2,1-2H3,(H,25,29). The van der Waals surface area contributed by atoms with Gasteiger partial charge in [-0.25, -0.2) is 0 Å². The SMILES string of the molecule is CC(C)NC(=O)c1cc(C2CCN(C(=O)c3cc(C4CC4)on3)C2)nc2ccccc12. The molecule has 2 aliphatic rings. The summed E-state index contributed by atoms with van der Waals surface area (Å²) in [6.07, 6.45) is 3.01. The molecule has 0 bridgehead atoms. The van der Waals surface area contributed by atoms with Gasteiger partial charge in [0, 0.05) is 48.1 Å². The molecule has 1 unspecified atom stereocenters. The van der Waals surface area contributed by atoms with Gasteiger partial charge in [-0.3, -0.25) is 14.6 Å². The molecule has 3 heterocycles. The van der Waals surface area contributed by atoms with Gasteiger partial charge in [0.15, 0.2) is 5.69 Å². The Bertz CT molecular complexity index is 1150. The van der Waals surface area contributed by atoms with Crippen LogP contribution in [0, 0.1) is 0 Å². The monoisotopic (exact) mass is 418 g/mol. The third kappa shape index (κ3) is 3.92. The lowest BCUT2D eigenvalue weighted by Crippen LogP contribution is -2.30. The number of nitrogens with zero attached hydrogens (tertiary/aromatic N) is 3. The highest BCUT2D eigenvalue weighted by Gasteiger charge is 2.33. The molecule has 2 fully saturated rings. The van der Waals surface area contributed by atoms with Gasteiger partial charge >= 0.3 is 0 Å². The molecule has 2 amide bonds. The second kappa shape index (κ2) is 7.80. The molecule has 1 saturated heterocycles. The van der Waals surface area contributed by atoms with E-state index in [1.807, 2.05) is 49.1 Å². The van der Waals surface area contributed by atoms with Gasteiger partial charge in [-0.2, -0.15) is 0 Å². The predicted octanol–water partition coefficient (Wildman–Crippen LogP) is 3.87. The molecule has 1 saturated carbocycles. The van der Waals surface area contributed by atoms with Crippen molar-refractivity contribution in [2.24, 2.45) is 0 Å². The quantitative estimate of drug-likeness (QED) is 0.680. The molecule has 2 aromatic heterocycles. The van der Waals surface area contributed by atoms with E-state index in [2.05, 4.69) is 10.5 Å². The summed E-state index contributed by atoms with van der Waals surface area (Å²) in [5, 5.41) is 7.81. The van der Waals surface area contributed by atoms with Crippen LogP contribution in [-0.4, -0.2) is 46.0 Å². The van der Waals surface area contributed by atoms with Crippen LogP contribution in [0.2, 0.25) is 0 Å². The normalized spacial score (nSPS) is 18.7. The Kier molecular flexibility index (Phi) is 4.96. The zero-order valence-corrected chi connectivity index (χ0v) is 17.8. The minimum atomic E-state index is -0.101. The average molecular weight is 418 g/mol. The Labute approximate surface area is 180 Å². The molecule has 1 aromatic carbocycles. The number of likely N-dealkylation sites (tertiary alicyclic amines) is 1. The van der Waals surface area contributed by atoms with E-state index in [1.165, 1.54) is 0 Å². The molecule has 1 N–H and O–H groups in total. The Morgan fingerprint density at radius 3 is 2.71 bits per heavy atom. The lowest BCUT2D eigenvalue weighted by atomic mass is 9.99. The first-order chi connectivity index (χ1) is 15.0. The van der Waals surface area contributed by atoms with E-state index in [9.17, 15) is 9.59 Å². The van der Waals surface area contributed by atoms with Crippen molar-refractivity contribution < 1.29 is 14.1 Å².